The maximum atomic E-state index is 12.3. The average molecular weight is 366 g/mol. The number of fused-ring (bicyclic) bond motifs is 1. The van der Waals surface area contributed by atoms with Crippen molar-refractivity contribution in [2.24, 2.45) is 0 Å². The molecule has 26 heavy (non-hydrogen) atoms. The number of ketones is 1. The third-order valence-corrected chi connectivity index (χ3v) is 5.95. The highest BCUT2D eigenvalue weighted by Crippen LogP contribution is 2.35. The number of carbonyl (C=O) groups is 1. The van der Waals surface area contributed by atoms with Crippen molar-refractivity contribution in [1.29, 1.82) is 0 Å². The summed E-state index contributed by atoms with van der Waals surface area (Å²) in [7, 11) is 0. The number of carbonyl (C=O) groups excluding carboxylic acids is 1. The molecule has 4 rings (SSSR count). The van der Waals surface area contributed by atoms with Crippen molar-refractivity contribution < 1.29 is 9.53 Å². The zero-order chi connectivity index (χ0) is 17.9. The first-order valence-electron chi connectivity index (χ1n) is 9.16. The topological polar surface area (TPSA) is 44.1 Å². The fourth-order valence-electron chi connectivity index (χ4n) is 3.39. The second-order valence-corrected chi connectivity index (χ2v) is 7.63. The minimum atomic E-state index is 0.0158. The SMILES string of the molecule is CCOc1ccc(-n2c(SC3CCCCC3=O)nc3ccccc32)cc1. The van der Waals surface area contributed by atoms with Crippen LogP contribution in [-0.2, 0) is 4.79 Å². The molecule has 1 aliphatic carbocycles. The maximum absolute atomic E-state index is 12.3. The van der Waals surface area contributed by atoms with E-state index in [9.17, 15) is 4.79 Å². The van der Waals surface area contributed by atoms with E-state index >= 15 is 0 Å². The zero-order valence-corrected chi connectivity index (χ0v) is 15.7. The van der Waals surface area contributed by atoms with Crippen LogP contribution in [0.3, 0.4) is 0 Å². The van der Waals surface area contributed by atoms with Crippen molar-refractivity contribution in [2.75, 3.05) is 6.61 Å². The van der Waals surface area contributed by atoms with E-state index in [-0.39, 0.29) is 5.25 Å². The highest BCUT2D eigenvalue weighted by Gasteiger charge is 2.26. The molecule has 0 amide bonds. The molecule has 3 aromatic rings. The molecular formula is C21H22N2O2S. The maximum Gasteiger partial charge on any atom is 0.174 e. The van der Waals surface area contributed by atoms with Crippen LogP contribution >= 0.6 is 11.8 Å². The minimum absolute atomic E-state index is 0.0158. The molecule has 1 fully saturated rings. The summed E-state index contributed by atoms with van der Waals surface area (Å²) >= 11 is 1.61. The van der Waals surface area contributed by atoms with Crippen molar-refractivity contribution in [2.45, 2.75) is 43.0 Å². The number of thioether (sulfide) groups is 1. The van der Waals surface area contributed by atoms with Gasteiger partial charge in [-0.25, -0.2) is 4.98 Å². The van der Waals surface area contributed by atoms with Gasteiger partial charge in [0.15, 0.2) is 5.16 Å². The van der Waals surface area contributed by atoms with Crippen LogP contribution in [0, 0.1) is 0 Å². The van der Waals surface area contributed by atoms with Gasteiger partial charge in [0, 0.05) is 12.1 Å². The summed E-state index contributed by atoms with van der Waals surface area (Å²) < 4.78 is 7.71. The average Bonchev–Trinajstić information content (AvgIpc) is 3.02. The number of benzene rings is 2. The third-order valence-electron chi connectivity index (χ3n) is 4.68. The lowest BCUT2D eigenvalue weighted by atomic mass is 9.99. The van der Waals surface area contributed by atoms with E-state index in [0.717, 1.165) is 46.9 Å². The number of hydrogen-bond donors (Lipinski definition) is 0. The van der Waals surface area contributed by atoms with E-state index in [1.807, 2.05) is 49.4 Å². The minimum Gasteiger partial charge on any atom is -0.494 e. The third kappa shape index (κ3) is 3.36. The van der Waals surface area contributed by atoms with Gasteiger partial charge in [0.25, 0.3) is 0 Å². The van der Waals surface area contributed by atoms with Crippen LogP contribution in [0.4, 0.5) is 0 Å². The Kier molecular flexibility index (Phi) is 4.98. The lowest BCUT2D eigenvalue weighted by molar-refractivity contribution is -0.119. The smallest absolute Gasteiger partial charge is 0.174 e. The van der Waals surface area contributed by atoms with Gasteiger partial charge in [0.05, 0.1) is 22.9 Å². The largest absolute Gasteiger partial charge is 0.494 e. The number of aromatic nitrogens is 2. The van der Waals surface area contributed by atoms with Gasteiger partial charge >= 0.3 is 0 Å². The molecule has 1 unspecified atom stereocenters. The number of imidazole rings is 1. The first-order valence-corrected chi connectivity index (χ1v) is 10.0. The number of Topliss-reactive ketones (excluding diaryl/α,β-unsaturated/α-hetero) is 1. The van der Waals surface area contributed by atoms with Gasteiger partial charge in [-0.05, 0) is 56.2 Å². The van der Waals surface area contributed by atoms with Crippen molar-refractivity contribution in [3.05, 3.63) is 48.5 Å². The number of hydrogen-bond acceptors (Lipinski definition) is 4. The van der Waals surface area contributed by atoms with Gasteiger partial charge in [-0.1, -0.05) is 30.3 Å². The van der Waals surface area contributed by atoms with Crippen molar-refractivity contribution in [1.82, 2.24) is 9.55 Å². The van der Waals surface area contributed by atoms with Gasteiger partial charge in [-0.15, -0.1) is 0 Å². The van der Waals surface area contributed by atoms with Crippen LogP contribution in [0.2, 0.25) is 0 Å². The molecule has 1 aromatic heterocycles. The summed E-state index contributed by atoms with van der Waals surface area (Å²) in [6.45, 7) is 2.63. The van der Waals surface area contributed by atoms with Crippen LogP contribution < -0.4 is 4.74 Å². The van der Waals surface area contributed by atoms with E-state index in [0.29, 0.717) is 18.8 Å². The molecular weight excluding hydrogens is 344 g/mol. The molecule has 0 radical (unpaired) electrons. The number of nitrogens with zero attached hydrogens (tertiary/aromatic N) is 2. The molecule has 1 atom stereocenters. The van der Waals surface area contributed by atoms with Crippen LogP contribution in [0.5, 0.6) is 5.75 Å². The predicted molar refractivity (Wildman–Crippen MR) is 105 cm³/mol. The zero-order valence-electron chi connectivity index (χ0n) is 14.9. The quantitative estimate of drug-likeness (QED) is 0.635. The fraction of sp³-hybridized carbons (Fsp3) is 0.333. The van der Waals surface area contributed by atoms with Crippen molar-refractivity contribution >= 4 is 28.6 Å². The van der Waals surface area contributed by atoms with Gasteiger partial charge in [0.2, 0.25) is 0 Å². The second-order valence-electron chi connectivity index (χ2n) is 6.46. The van der Waals surface area contributed by atoms with Gasteiger partial charge in [0.1, 0.15) is 11.5 Å². The monoisotopic (exact) mass is 366 g/mol. The number of para-hydroxylation sites is 2. The second kappa shape index (κ2) is 7.54. The molecule has 2 aromatic carbocycles. The normalized spacial score (nSPS) is 17.6. The summed E-state index contributed by atoms with van der Waals surface area (Å²) in [4.78, 5) is 17.1. The summed E-state index contributed by atoms with van der Waals surface area (Å²) in [6, 6.07) is 16.2. The van der Waals surface area contributed by atoms with E-state index < -0.39 is 0 Å². The molecule has 0 saturated heterocycles. The summed E-state index contributed by atoms with van der Waals surface area (Å²) in [5.74, 6) is 1.21. The Labute approximate surface area is 157 Å². The predicted octanol–water partition coefficient (Wildman–Crippen LogP) is 5.03. The van der Waals surface area contributed by atoms with Crippen LogP contribution in [0.1, 0.15) is 32.6 Å². The molecule has 1 saturated carbocycles. The summed E-state index contributed by atoms with van der Waals surface area (Å²) in [5, 5.41) is 0.901. The summed E-state index contributed by atoms with van der Waals surface area (Å²) in [6.07, 6.45) is 3.77. The van der Waals surface area contributed by atoms with E-state index in [4.69, 9.17) is 9.72 Å². The number of ether oxygens (including phenoxy) is 1. The lowest BCUT2D eigenvalue weighted by Crippen LogP contribution is -2.21. The molecule has 0 spiro atoms. The van der Waals surface area contributed by atoms with E-state index in [1.54, 1.807) is 11.8 Å². The van der Waals surface area contributed by atoms with E-state index in [1.165, 1.54) is 0 Å². The summed E-state index contributed by atoms with van der Waals surface area (Å²) in [5.41, 5.74) is 3.04. The van der Waals surface area contributed by atoms with Gasteiger partial charge in [-0.2, -0.15) is 0 Å². The van der Waals surface area contributed by atoms with Crippen molar-refractivity contribution in [3.8, 4) is 11.4 Å². The lowest BCUT2D eigenvalue weighted by Gasteiger charge is -2.20. The Morgan fingerprint density at radius 1 is 1.15 bits per heavy atom. The highest BCUT2D eigenvalue weighted by atomic mass is 32.2. The molecule has 0 aliphatic heterocycles. The molecule has 0 N–H and O–H groups in total. The number of rotatable bonds is 5. The Balaban J connectivity index is 1.75. The van der Waals surface area contributed by atoms with Crippen LogP contribution in [0.25, 0.3) is 16.7 Å². The molecule has 134 valence electrons. The Hall–Kier alpha value is -2.27. The van der Waals surface area contributed by atoms with E-state index in [2.05, 4.69) is 10.6 Å². The molecule has 1 heterocycles. The molecule has 5 heteroatoms. The van der Waals surface area contributed by atoms with Crippen molar-refractivity contribution in [3.63, 3.8) is 0 Å². The van der Waals surface area contributed by atoms with Gasteiger partial charge in [-0.3, -0.25) is 9.36 Å². The Morgan fingerprint density at radius 2 is 1.96 bits per heavy atom. The highest BCUT2D eigenvalue weighted by molar-refractivity contribution is 8.00. The fourth-order valence-corrected chi connectivity index (χ4v) is 4.64. The molecule has 0 bridgehead atoms. The Bertz CT molecular complexity index is 917. The molecule has 4 nitrogen and oxygen atoms in total. The Morgan fingerprint density at radius 3 is 2.73 bits per heavy atom. The first kappa shape index (κ1) is 17.2. The first-order chi connectivity index (χ1) is 12.8. The van der Waals surface area contributed by atoms with Crippen LogP contribution in [0.15, 0.2) is 53.7 Å². The van der Waals surface area contributed by atoms with Crippen LogP contribution in [-0.4, -0.2) is 27.2 Å². The molecule has 1 aliphatic rings. The standard InChI is InChI=1S/C21H22N2O2S/c1-2-25-16-13-11-15(12-14-16)23-18-8-4-3-7-17(18)22-21(23)26-20-10-6-5-9-19(20)24/h3-4,7-8,11-14,20H,2,5-6,9-10H2,1H3. The van der Waals surface area contributed by atoms with Gasteiger partial charge < -0.3 is 4.74 Å².